The third kappa shape index (κ3) is 5.67. The Bertz CT molecular complexity index is 76.9. The summed E-state index contributed by atoms with van der Waals surface area (Å²) < 4.78 is 12.5. The van der Waals surface area contributed by atoms with Crippen molar-refractivity contribution >= 4 is 0 Å². The van der Waals surface area contributed by atoms with Gasteiger partial charge in [-0.3, -0.25) is 0 Å². The number of halogens is 1. The van der Waals surface area contributed by atoms with Gasteiger partial charge in [-0.1, -0.05) is 12.2 Å². The number of rotatable bonds is 2. The highest BCUT2D eigenvalue weighted by atomic mass is 19.1. The summed E-state index contributed by atoms with van der Waals surface area (Å²) in [6.45, 7) is 5.05. The SMILES string of the molecule is CC=CCC(C)(C)F. The molecule has 8 heavy (non-hydrogen) atoms. The van der Waals surface area contributed by atoms with E-state index in [2.05, 4.69) is 0 Å². The minimum Gasteiger partial charge on any atom is -0.244 e. The molecular weight excluding hydrogens is 103 g/mol. The van der Waals surface area contributed by atoms with Crippen LogP contribution in [0.4, 0.5) is 4.39 Å². The number of hydrogen-bond donors (Lipinski definition) is 0. The molecule has 0 aliphatic rings. The van der Waals surface area contributed by atoms with Crippen LogP contribution in [0.15, 0.2) is 12.2 Å². The van der Waals surface area contributed by atoms with Crippen molar-refractivity contribution in [2.45, 2.75) is 32.9 Å². The minimum absolute atomic E-state index is 0.517. The molecule has 0 saturated carbocycles. The van der Waals surface area contributed by atoms with E-state index in [9.17, 15) is 4.39 Å². The third-order valence-corrected chi connectivity index (χ3v) is 0.839. The van der Waals surface area contributed by atoms with Crippen molar-refractivity contribution in [3.8, 4) is 0 Å². The van der Waals surface area contributed by atoms with E-state index < -0.39 is 5.67 Å². The Hall–Kier alpha value is -0.330. The fourth-order valence-electron chi connectivity index (χ4n) is 0.398. The molecule has 0 atom stereocenters. The zero-order chi connectivity index (χ0) is 6.62. The fourth-order valence-corrected chi connectivity index (χ4v) is 0.398. The lowest BCUT2D eigenvalue weighted by Crippen LogP contribution is -2.08. The predicted molar refractivity (Wildman–Crippen MR) is 34.6 cm³/mol. The first-order valence-electron chi connectivity index (χ1n) is 2.86. The average Bonchev–Trinajstić information content (AvgIpc) is 1.59. The second-order valence-electron chi connectivity index (χ2n) is 2.49. The van der Waals surface area contributed by atoms with Crippen molar-refractivity contribution < 1.29 is 4.39 Å². The molecule has 0 saturated heterocycles. The van der Waals surface area contributed by atoms with Gasteiger partial charge in [-0.05, 0) is 27.2 Å². The molecule has 0 amide bonds. The van der Waals surface area contributed by atoms with Gasteiger partial charge in [0.2, 0.25) is 0 Å². The zero-order valence-electron chi connectivity index (χ0n) is 5.74. The highest BCUT2D eigenvalue weighted by Crippen LogP contribution is 2.13. The summed E-state index contributed by atoms with van der Waals surface area (Å²) in [6.07, 6.45) is 4.21. The van der Waals surface area contributed by atoms with Crippen molar-refractivity contribution in [3.63, 3.8) is 0 Å². The van der Waals surface area contributed by atoms with E-state index in [0.29, 0.717) is 6.42 Å². The van der Waals surface area contributed by atoms with Crippen LogP contribution in [0.25, 0.3) is 0 Å². The largest absolute Gasteiger partial charge is 0.244 e. The molecule has 0 aromatic rings. The molecule has 0 nitrogen and oxygen atoms in total. The quantitative estimate of drug-likeness (QED) is 0.486. The normalized spacial score (nSPS) is 13.0. The molecule has 0 bridgehead atoms. The molecular formula is C7H13F. The Morgan fingerprint density at radius 2 is 2.00 bits per heavy atom. The van der Waals surface area contributed by atoms with Gasteiger partial charge in [0.25, 0.3) is 0 Å². The molecule has 0 heterocycles. The molecule has 0 aliphatic carbocycles. The van der Waals surface area contributed by atoms with Crippen LogP contribution in [0.3, 0.4) is 0 Å². The van der Waals surface area contributed by atoms with E-state index in [1.54, 1.807) is 13.8 Å². The van der Waals surface area contributed by atoms with Gasteiger partial charge in [0.15, 0.2) is 0 Å². The van der Waals surface area contributed by atoms with Crippen molar-refractivity contribution in [2.24, 2.45) is 0 Å². The molecule has 0 aromatic heterocycles. The maximum absolute atomic E-state index is 12.5. The second kappa shape index (κ2) is 2.85. The molecule has 0 fully saturated rings. The topological polar surface area (TPSA) is 0 Å². The molecule has 0 unspecified atom stereocenters. The van der Waals surface area contributed by atoms with Crippen LogP contribution in [0, 0.1) is 0 Å². The fraction of sp³-hybridized carbons (Fsp3) is 0.714. The Kier molecular flexibility index (Phi) is 2.74. The predicted octanol–water partition coefficient (Wildman–Crippen LogP) is 2.70. The van der Waals surface area contributed by atoms with Crippen LogP contribution in [-0.2, 0) is 0 Å². The Labute approximate surface area is 50.4 Å². The summed E-state index contributed by atoms with van der Waals surface area (Å²) in [5.74, 6) is 0. The lowest BCUT2D eigenvalue weighted by Gasteiger charge is -2.08. The first kappa shape index (κ1) is 7.67. The molecule has 0 spiro atoms. The third-order valence-electron chi connectivity index (χ3n) is 0.839. The van der Waals surface area contributed by atoms with E-state index in [1.807, 2.05) is 19.1 Å². The molecule has 0 aliphatic heterocycles. The van der Waals surface area contributed by atoms with Gasteiger partial charge in [0.05, 0.1) is 0 Å². The van der Waals surface area contributed by atoms with Gasteiger partial charge in [-0.15, -0.1) is 0 Å². The Balaban J connectivity index is 3.39. The molecule has 0 N–H and O–H groups in total. The van der Waals surface area contributed by atoms with Gasteiger partial charge in [0.1, 0.15) is 5.67 Å². The lowest BCUT2D eigenvalue weighted by molar-refractivity contribution is 0.221. The van der Waals surface area contributed by atoms with Gasteiger partial charge in [-0.25, -0.2) is 4.39 Å². The standard InChI is InChI=1S/C7H13F/c1-4-5-6-7(2,3)8/h4-5H,6H2,1-3H3. The molecule has 1 heteroatoms. The molecule has 48 valence electrons. The van der Waals surface area contributed by atoms with Crippen molar-refractivity contribution in [1.29, 1.82) is 0 Å². The summed E-state index contributed by atoms with van der Waals surface area (Å²) in [6, 6.07) is 0. The van der Waals surface area contributed by atoms with Crippen molar-refractivity contribution in [2.75, 3.05) is 0 Å². The Morgan fingerprint density at radius 1 is 1.50 bits per heavy atom. The highest BCUT2D eigenvalue weighted by molar-refractivity contribution is 4.84. The summed E-state index contributed by atoms with van der Waals surface area (Å²) in [4.78, 5) is 0. The van der Waals surface area contributed by atoms with Gasteiger partial charge >= 0.3 is 0 Å². The Morgan fingerprint density at radius 3 is 2.12 bits per heavy atom. The van der Waals surface area contributed by atoms with Crippen LogP contribution in [0.1, 0.15) is 27.2 Å². The van der Waals surface area contributed by atoms with Crippen LogP contribution in [0.5, 0.6) is 0 Å². The number of alkyl halides is 1. The highest BCUT2D eigenvalue weighted by Gasteiger charge is 2.11. The lowest BCUT2D eigenvalue weighted by atomic mass is 10.1. The number of hydrogen-bond acceptors (Lipinski definition) is 0. The van der Waals surface area contributed by atoms with Crippen LogP contribution >= 0.6 is 0 Å². The zero-order valence-corrected chi connectivity index (χ0v) is 5.74. The van der Waals surface area contributed by atoms with E-state index in [1.165, 1.54) is 0 Å². The van der Waals surface area contributed by atoms with E-state index in [-0.39, 0.29) is 0 Å². The molecule has 0 aromatic carbocycles. The first-order chi connectivity index (χ1) is 3.56. The first-order valence-corrected chi connectivity index (χ1v) is 2.86. The summed E-state index contributed by atoms with van der Waals surface area (Å²) in [5, 5.41) is 0. The van der Waals surface area contributed by atoms with Gasteiger partial charge in [-0.2, -0.15) is 0 Å². The van der Waals surface area contributed by atoms with E-state index in [4.69, 9.17) is 0 Å². The smallest absolute Gasteiger partial charge is 0.108 e. The summed E-state index contributed by atoms with van der Waals surface area (Å²) >= 11 is 0. The van der Waals surface area contributed by atoms with Crippen LogP contribution in [0.2, 0.25) is 0 Å². The molecule has 0 rings (SSSR count). The van der Waals surface area contributed by atoms with Gasteiger partial charge in [0, 0.05) is 0 Å². The van der Waals surface area contributed by atoms with E-state index in [0.717, 1.165) is 0 Å². The van der Waals surface area contributed by atoms with Gasteiger partial charge < -0.3 is 0 Å². The minimum atomic E-state index is -1.04. The second-order valence-corrected chi connectivity index (χ2v) is 2.49. The summed E-state index contributed by atoms with van der Waals surface area (Å²) in [5.41, 5.74) is -1.04. The van der Waals surface area contributed by atoms with Crippen LogP contribution in [-0.4, -0.2) is 5.67 Å². The van der Waals surface area contributed by atoms with Crippen molar-refractivity contribution in [3.05, 3.63) is 12.2 Å². The van der Waals surface area contributed by atoms with Crippen molar-refractivity contribution in [1.82, 2.24) is 0 Å². The maximum atomic E-state index is 12.5. The molecule has 0 radical (unpaired) electrons. The maximum Gasteiger partial charge on any atom is 0.108 e. The monoisotopic (exact) mass is 116 g/mol. The average molecular weight is 116 g/mol. The summed E-state index contributed by atoms with van der Waals surface area (Å²) in [7, 11) is 0. The van der Waals surface area contributed by atoms with E-state index >= 15 is 0 Å². The van der Waals surface area contributed by atoms with Crippen LogP contribution < -0.4 is 0 Å². The number of allylic oxidation sites excluding steroid dienone is 2.